The third kappa shape index (κ3) is 1.87. The van der Waals surface area contributed by atoms with Gasteiger partial charge < -0.3 is 10.0 Å². The van der Waals surface area contributed by atoms with Crippen LogP contribution in [0.2, 0.25) is 0 Å². The number of carboxylic acid groups (broad SMARTS) is 1. The number of rotatable bonds is 3. The standard InChI is InChI=1S/C15H25NO2/c1-2-15(14(17)18)5-7-16(8-6-15)13-10-11-3-4-12(13)9-11/h11-13H,2-10H2,1H3,(H,17,18). The molecule has 0 amide bonds. The lowest BCUT2D eigenvalue weighted by atomic mass is 9.75. The lowest BCUT2D eigenvalue weighted by Crippen LogP contribution is -2.49. The Morgan fingerprint density at radius 3 is 2.44 bits per heavy atom. The molecule has 0 aromatic heterocycles. The maximum absolute atomic E-state index is 11.4. The highest BCUT2D eigenvalue weighted by Gasteiger charge is 2.46. The zero-order valence-electron chi connectivity index (χ0n) is 11.4. The quantitative estimate of drug-likeness (QED) is 0.838. The number of likely N-dealkylation sites (tertiary alicyclic amines) is 1. The maximum atomic E-state index is 11.4. The van der Waals surface area contributed by atoms with Crippen molar-refractivity contribution in [1.82, 2.24) is 4.90 Å². The van der Waals surface area contributed by atoms with Crippen molar-refractivity contribution in [1.29, 1.82) is 0 Å². The van der Waals surface area contributed by atoms with Crippen molar-refractivity contribution in [2.75, 3.05) is 13.1 Å². The summed E-state index contributed by atoms with van der Waals surface area (Å²) in [6.07, 6.45) is 8.19. The monoisotopic (exact) mass is 251 g/mol. The van der Waals surface area contributed by atoms with Gasteiger partial charge in [0, 0.05) is 6.04 Å². The number of hydrogen-bond donors (Lipinski definition) is 1. The van der Waals surface area contributed by atoms with E-state index in [0.717, 1.165) is 50.2 Å². The Morgan fingerprint density at radius 1 is 1.28 bits per heavy atom. The molecule has 1 saturated heterocycles. The molecule has 102 valence electrons. The van der Waals surface area contributed by atoms with E-state index < -0.39 is 11.4 Å². The molecule has 1 N–H and O–H groups in total. The van der Waals surface area contributed by atoms with Crippen LogP contribution in [0.1, 0.15) is 51.9 Å². The molecule has 0 aromatic rings. The van der Waals surface area contributed by atoms with E-state index in [1.54, 1.807) is 0 Å². The van der Waals surface area contributed by atoms with Gasteiger partial charge in [-0.05, 0) is 63.5 Å². The first-order chi connectivity index (χ1) is 8.64. The van der Waals surface area contributed by atoms with Gasteiger partial charge in [0.15, 0.2) is 0 Å². The van der Waals surface area contributed by atoms with Crippen LogP contribution in [-0.2, 0) is 4.79 Å². The summed E-state index contributed by atoms with van der Waals surface area (Å²) in [4.78, 5) is 14.1. The maximum Gasteiger partial charge on any atom is 0.309 e. The molecule has 2 saturated carbocycles. The van der Waals surface area contributed by atoms with Gasteiger partial charge in [-0.2, -0.15) is 0 Å². The van der Waals surface area contributed by atoms with Crippen LogP contribution in [0.3, 0.4) is 0 Å². The first-order valence-electron chi connectivity index (χ1n) is 7.62. The molecule has 3 fully saturated rings. The van der Waals surface area contributed by atoms with Crippen molar-refractivity contribution in [3.05, 3.63) is 0 Å². The van der Waals surface area contributed by atoms with E-state index in [1.807, 2.05) is 6.92 Å². The molecule has 1 heterocycles. The van der Waals surface area contributed by atoms with Crippen LogP contribution in [0.5, 0.6) is 0 Å². The van der Waals surface area contributed by atoms with Crippen molar-refractivity contribution < 1.29 is 9.90 Å². The van der Waals surface area contributed by atoms with Crippen LogP contribution in [-0.4, -0.2) is 35.1 Å². The van der Waals surface area contributed by atoms with Crippen molar-refractivity contribution in [3.63, 3.8) is 0 Å². The van der Waals surface area contributed by atoms with E-state index in [1.165, 1.54) is 25.7 Å². The normalized spacial score (nSPS) is 39.1. The summed E-state index contributed by atoms with van der Waals surface area (Å²) in [5.74, 6) is 1.34. The molecule has 3 aliphatic rings. The van der Waals surface area contributed by atoms with Crippen molar-refractivity contribution >= 4 is 5.97 Å². The first kappa shape index (κ1) is 12.5. The molecule has 3 heteroatoms. The Balaban J connectivity index is 1.62. The topological polar surface area (TPSA) is 40.5 Å². The third-order valence-corrected chi connectivity index (χ3v) is 6.06. The van der Waals surface area contributed by atoms with E-state index in [0.29, 0.717) is 0 Å². The molecule has 3 atom stereocenters. The van der Waals surface area contributed by atoms with Gasteiger partial charge >= 0.3 is 5.97 Å². The van der Waals surface area contributed by atoms with Crippen LogP contribution in [0.15, 0.2) is 0 Å². The van der Waals surface area contributed by atoms with E-state index in [2.05, 4.69) is 4.90 Å². The Morgan fingerprint density at radius 2 is 2.00 bits per heavy atom. The number of hydrogen-bond acceptors (Lipinski definition) is 2. The predicted molar refractivity (Wildman–Crippen MR) is 70.4 cm³/mol. The Hall–Kier alpha value is -0.570. The van der Waals surface area contributed by atoms with Gasteiger partial charge in [-0.3, -0.25) is 4.79 Å². The molecule has 3 rings (SSSR count). The largest absolute Gasteiger partial charge is 0.481 e. The molecule has 18 heavy (non-hydrogen) atoms. The third-order valence-electron chi connectivity index (χ3n) is 6.06. The fraction of sp³-hybridized carbons (Fsp3) is 0.933. The lowest BCUT2D eigenvalue weighted by Gasteiger charge is -2.43. The minimum Gasteiger partial charge on any atom is -0.481 e. The molecule has 0 spiro atoms. The van der Waals surface area contributed by atoms with Crippen LogP contribution in [0.25, 0.3) is 0 Å². The number of carboxylic acids is 1. The van der Waals surface area contributed by atoms with Gasteiger partial charge in [0.25, 0.3) is 0 Å². The number of aliphatic carboxylic acids is 1. The Bertz CT molecular complexity index is 333. The van der Waals surface area contributed by atoms with Crippen LogP contribution in [0, 0.1) is 17.3 Å². The zero-order chi connectivity index (χ0) is 12.8. The molecule has 2 bridgehead atoms. The SMILES string of the molecule is CCC1(C(=O)O)CCN(C2CC3CCC2C3)CC1. The van der Waals surface area contributed by atoms with Gasteiger partial charge in [-0.1, -0.05) is 13.3 Å². The number of fused-ring (bicyclic) bond motifs is 2. The summed E-state index contributed by atoms with van der Waals surface area (Å²) < 4.78 is 0. The predicted octanol–water partition coefficient (Wildman–Crippen LogP) is 2.75. The lowest BCUT2D eigenvalue weighted by molar-refractivity contribution is -0.153. The van der Waals surface area contributed by atoms with Crippen molar-refractivity contribution in [3.8, 4) is 0 Å². The van der Waals surface area contributed by atoms with Crippen molar-refractivity contribution in [2.24, 2.45) is 17.3 Å². The summed E-state index contributed by atoms with van der Waals surface area (Å²) in [6, 6.07) is 0.785. The van der Waals surface area contributed by atoms with Gasteiger partial charge in [-0.15, -0.1) is 0 Å². The van der Waals surface area contributed by atoms with Gasteiger partial charge in [0.2, 0.25) is 0 Å². The number of carbonyl (C=O) groups is 1. The van der Waals surface area contributed by atoms with Crippen LogP contribution in [0.4, 0.5) is 0 Å². The summed E-state index contributed by atoms with van der Waals surface area (Å²) >= 11 is 0. The molecule has 3 nitrogen and oxygen atoms in total. The number of nitrogens with zero attached hydrogens (tertiary/aromatic N) is 1. The van der Waals surface area contributed by atoms with E-state index in [9.17, 15) is 9.90 Å². The average molecular weight is 251 g/mol. The first-order valence-corrected chi connectivity index (χ1v) is 7.62. The summed E-state index contributed by atoms with van der Waals surface area (Å²) in [6.45, 7) is 4.05. The summed E-state index contributed by atoms with van der Waals surface area (Å²) in [5.41, 5.74) is -0.423. The molecule has 1 aliphatic heterocycles. The smallest absolute Gasteiger partial charge is 0.309 e. The van der Waals surface area contributed by atoms with Crippen LogP contribution >= 0.6 is 0 Å². The fourth-order valence-corrected chi connectivity index (χ4v) is 4.66. The molecule has 3 unspecified atom stereocenters. The van der Waals surface area contributed by atoms with Gasteiger partial charge in [0.1, 0.15) is 0 Å². The molecular weight excluding hydrogens is 226 g/mol. The highest BCUT2D eigenvalue weighted by atomic mass is 16.4. The molecular formula is C15H25NO2. The van der Waals surface area contributed by atoms with Crippen LogP contribution < -0.4 is 0 Å². The second-order valence-electron chi connectivity index (χ2n) is 6.72. The number of piperidine rings is 1. The molecule has 0 aromatic carbocycles. The van der Waals surface area contributed by atoms with E-state index in [4.69, 9.17) is 0 Å². The van der Waals surface area contributed by atoms with E-state index >= 15 is 0 Å². The van der Waals surface area contributed by atoms with Crippen molar-refractivity contribution in [2.45, 2.75) is 57.9 Å². The highest BCUT2D eigenvalue weighted by Crippen LogP contribution is 2.48. The zero-order valence-corrected chi connectivity index (χ0v) is 11.4. The average Bonchev–Trinajstić information content (AvgIpc) is 3.01. The minimum atomic E-state index is -0.572. The van der Waals surface area contributed by atoms with Gasteiger partial charge in [-0.25, -0.2) is 0 Å². The van der Waals surface area contributed by atoms with E-state index in [-0.39, 0.29) is 0 Å². The second-order valence-corrected chi connectivity index (χ2v) is 6.72. The summed E-state index contributed by atoms with van der Waals surface area (Å²) in [7, 11) is 0. The summed E-state index contributed by atoms with van der Waals surface area (Å²) in [5, 5.41) is 9.43. The molecule has 2 aliphatic carbocycles. The minimum absolute atomic E-state index is 0.423. The highest BCUT2D eigenvalue weighted by molar-refractivity contribution is 5.74. The van der Waals surface area contributed by atoms with Gasteiger partial charge in [0.05, 0.1) is 5.41 Å². The second kappa shape index (κ2) is 4.52. The molecule has 0 radical (unpaired) electrons. The Labute approximate surface area is 110 Å². The Kier molecular flexibility index (Phi) is 3.13. The fourth-order valence-electron chi connectivity index (χ4n) is 4.66.